The number of nitrogens with zero attached hydrogens (tertiary/aromatic N) is 1. The van der Waals surface area contributed by atoms with Gasteiger partial charge in [-0.05, 0) is 18.2 Å². The van der Waals surface area contributed by atoms with E-state index < -0.39 is 12.1 Å². The summed E-state index contributed by atoms with van der Waals surface area (Å²) in [6.07, 6.45) is -4.76. The van der Waals surface area contributed by atoms with Crippen LogP contribution in [0.3, 0.4) is 0 Å². The maximum absolute atomic E-state index is 12.1. The van der Waals surface area contributed by atoms with Gasteiger partial charge in [0, 0.05) is 25.7 Å². The quantitative estimate of drug-likeness (QED) is 0.929. The Balaban J connectivity index is 0.00000200. The third-order valence-electron chi connectivity index (χ3n) is 2.94. The number of hydrogen-bond donors (Lipinski definition) is 1. The lowest BCUT2D eigenvalue weighted by Gasteiger charge is -2.35. The number of carbonyl (C=O) groups excluding carboxylic acids is 1. The maximum Gasteiger partial charge on any atom is 0.573 e. The summed E-state index contributed by atoms with van der Waals surface area (Å²) in [6.45, 7) is 1.39. The Morgan fingerprint density at radius 1 is 1.40 bits per heavy atom. The Morgan fingerprint density at radius 3 is 2.55 bits per heavy atom. The van der Waals surface area contributed by atoms with E-state index >= 15 is 0 Å². The Bertz CT molecular complexity index is 478. The molecule has 1 fully saturated rings. The van der Waals surface area contributed by atoms with E-state index in [9.17, 15) is 18.0 Å². The fourth-order valence-corrected chi connectivity index (χ4v) is 1.74. The molecule has 1 aliphatic rings. The Labute approximate surface area is 120 Å². The highest BCUT2D eigenvalue weighted by atomic mass is 35.5. The molecule has 1 amide bonds. The predicted octanol–water partition coefficient (Wildman–Crippen LogP) is 2.05. The standard InChI is InChI=1S/C12H13F3N2O2.ClH/c1-17(9-6-16-7-9)11(18)8-3-2-4-10(5-8)19-12(13,14)15;/h2-5,9,16H,6-7H2,1H3;1H. The average molecular weight is 311 g/mol. The number of benzene rings is 1. The number of rotatable bonds is 3. The zero-order valence-corrected chi connectivity index (χ0v) is 11.4. The third-order valence-corrected chi connectivity index (χ3v) is 2.94. The smallest absolute Gasteiger partial charge is 0.406 e. The number of halogens is 4. The first kappa shape index (κ1) is 16.6. The van der Waals surface area contributed by atoms with E-state index in [1.54, 1.807) is 7.05 Å². The molecule has 0 aromatic heterocycles. The second-order valence-electron chi connectivity index (χ2n) is 4.30. The van der Waals surface area contributed by atoms with Crippen molar-refractivity contribution in [2.45, 2.75) is 12.4 Å². The second kappa shape index (κ2) is 6.32. The van der Waals surface area contributed by atoms with Gasteiger partial charge in [0.15, 0.2) is 0 Å². The molecule has 0 bridgehead atoms. The maximum atomic E-state index is 12.1. The van der Waals surface area contributed by atoms with Gasteiger partial charge in [-0.1, -0.05) is 6.07 Å². The molecule has 1 aromatic rings. The first-order valence-corrected chi connectivity index (χ1v) is 5.70. The molecule has 0 radical (unpaired) electrons. The molecule has 2 rings (SSSR count). The molecule has 0 atom stereocenters. The molecule has 0 saturated carbocycles. The summed E-state index contributed by atoms with van der Waals surface area (Å²) in [6, 6.07) is 5.17. The van der Waals surface area contributed by atoms with Gasteiger partial charge in [-0.2, -0.15) is 0 Å². The largest absolute Gasteiger partial charge is 0.573 e. The summed E-state index contributed by atoms with van der Waals surface area (Å²) in [4.78, 5) is 13.6. The zero-order chi connectivity index (χ0) is 14.0. The van der Waals surface area contributed by atoms with Crippen LogP contribution >= 0.6 is 12.4 Å². The van der Waals surface area contributed by atoms with Crippen molar-refractivity contribution >= 4 is 18.3 Å². The van der Waals surface area contributed by atoms with E-state index in [1.807, 2.05) is 0 Å². The highest BCUT2D eigenvalue weighted by Crippen LogP contribution is 2.24. The minimum absolute atomic E-state index is 0. The van der Waals surface area contributed by atoms with Gasteiger partial charge >= 0.3 is 6.36 Å². The van der Waals surface area contributed by atoms with Gasteiger partial charge in [0.25, 0.3) is 5.91 Å². The fraction of sp³-hybridized carbons (Fsp3) is 0.417. The SMILES string of the molecule is CN(C(=O)c1cccc(OC(F)(F)F)c1)C1CNC1.Cl. The minimum Gasteiger partial charge on any atom is -0.406 e. The van der Waals surface area contributed by atoms with E-state index in [0.717, 1.165) is 12.1 Å². The van der Waals surface area contributed by atoms with Crippen molar-refractivity contribution in [3.05, 3.63) is 29.8 Å². The van der Waals surface area contributed by atoms with Crippen LogP contribution in [-0.4, -0.2) is 43.3 Å². The van der Waals surface area contributed by atoms with E-state index in [4.69, 9.17) is 0 Å². The van der Waals surface area contributed by atoms with E-state index in [0.29, 0.717) is 13.1 Å². The van der Waals surface area contributed by atoms with Gasteiger partial charge in [-0.25, -0.2) is 0 Å². The first-order chi connectivity index (χ1) is 8.87. The van der Waals surface area contributed by atoms with Gasteiger partial charge in [0.05, 0.1) is 6.04 Å². The fourth-order valence-electron chi connectivity index (χ4n) is 1.74. The normalized spacial score (nSPS) is 15.0. The Hall–Kier alpha value is -1.47. The summed E-state index contributed by atoms with van der Waals surface area (Å²) in [5.74, 6) is -0.711. The monoisotopic (exact) mass is 310 g/mol. The van der Waals surface area contributed by atoms with Gasteiger partial charge in [0.2, 0.25) is 0 Å². The van der Waals surface area contributed by atoms with Crippen LogP contribution in [0.4, 0.5) is 13.2 Å². The van der Waals surface area contributed by atoms with Gasteiger partial charge < -0.3 is 15.0 Å². The van der Waals surface area contributed by atoms with Crippen LogP contribution in [0.2, 0.25) is 0 Å². The molecule has 20 heavy (non-hydrogen) atoms. The van der Waals surface area contributed by atoms with Gasteiger partial charge in [-0.3, -0.25) is 4.79 Å². The number of ether oxygens (including phenoxy) is 1. The van der Waals surface area contributed by atoms with E-state index in [2.05, 4.69) is 10.1 Å². The second-order valence-corrected chi connectivity index (χ2v) is 4.30. The molecule has 0 aliphatic carbocycles. The minimum atomic E-state index is -4.76. The topological polar surface area (TPSA) is 41.6 Å². The van der Waals surface area contributed by atoms with E-state index in [1.165, 1.54) is 17.0 Å². The molecule has 1 aromatic carbocycles. The Morgan fingerprint density at radius 2 is 2.05 bits per heavy atom. The average Bonchev–Trinajstić information content (AvgIpc) is 2.23. The van der Waals surface area contributed by atoms with Crippen LogP contribution in [0.5, 0.6) is 5.75 Å². The third kappa shape index (κ3) is 4.01. The summed E-state index contributed by atoms with van der Waals surface area (Å²) < 4.78 is 40.1. The predicted molar refractivity (Wildman–Crippen MR) is 69.1 cm³/mol. The van der Waals surface area contributed by atoms with Crippen LogP contribution in [0.15, 0.2) is 24.3 Å². The van der Waals surface area contributed by atoms with Crippen molar-refractivity contribution in [1.82, 2.24) is 10.2 Å². The molecule has 8 heteroatoms. The number of carbonyl (C=O) groups is 1. The molecule has 112 valence electrons. The summed E-state index contributed by atoms with van der Waals surface area (Å²) in [7, 11) is 1.63. The van der Waals surface area contributed by atoms with Crippen molar-refractivity contribution in [3.8, 4) is 5.75 Å². The lowest BCUT2D eigenvalue weighted by molar-refractivity contribution is -0.274. The Kier molecular flexibility index (Phi) is 5.24. The number of hydrogen-bond acceptors (Lipinski definition) is 3. The van der Waals surface area contributed by atoms with Crippen LogP contribution in [-0.2, 0) is 0 Å². The van der Waals surface area contributed by atoms with E-state index in [-0.39, 0.29) is 29.9 Å². The van der Waals surface area contributed by atoms with Gasteiger partial charge in [0.1, 0.15) is 5.75 Å². The number of likely N-dealkylation sites (N-methyl/N-ethyl adjacent to an activating group) is 1. The van der Waals surface area contributed by atoms with Crippen LogP contribution in [0.1, 0.15) is 10.4 Å². The van der Waals surface area contributed by atoms with Gasteiger partial charge in [-0.15, -0.1) is 25.6 Å². The lowest BCUT2D eigenvalue weighted by Crippen LogP contribution is -2.57. The molecule has 1 heterocycles. The number of alkyl halides is 3. The molecule has 0 unspecified atom stereocenters. The highest BCUT2D eigenvalue weighted by molar-refractivity contribution is 5.94. The first-order valence-electron chi connectivity index (χ1n) is 5.70. The van der Waals surface area contributed by atoms with Crippen LogP contribution in [0.25, 0.3) is 0 Å². The van der Waals surface area contributed by atoms with Crippen LogP contribution < -0.4 is 10.1 Å². The summed E-state index contributed by atoms with van der Waals surface area (Å²) >= 11 is 0. The van der Waals surface area contributed by atoms with Crippen LogP contribution in [0, 0.1) is 0 Å². The molecule has 1 N–H and O–H groups in total. The molecule has 1 saturated heterocycles. The van der Waals surface area contributed by atoms with Crippen molar-refractivity contribution in [2.75, 3.05) is 20.1 Å². The van der Waals surface area contributed by atoms with Crippen molar-refractivity contribution in [3.63, 3.8) is 0 Å². The molecule has 4 nitrogen and oxygen atoms in total. The molecular weight excluding hydrogens is 297 g/mol. The highest BCUT2D eigenvalue weighted by Gasteiger charge is 2.31. The lowest BCUT2D eigenvalue weighted by atomic mass is 10.1. The number of amides is 1. The molecular formula is C12H14ClF3N2O2. The molecule has 1 aliphatic heterocycles. The molecule has 0 spiro atoms. The van der Waals surface area contributed by atoms with Crippen molar-refractivity contribution in [1.29, 1.82) is 0 Å². The summed E-state index contributed by atoms with van der Waals surface area (Å²) in [5.41, 5.74) is 0.177. The zero-order valence-electron chi connectivity index (χ0n) is 10.6. The van der Waals surface area contributed by atoms with Crippen molar-refractivity contribution < 1.29 is 22.7 Å². The summed E-state index contributed by atoms with van der Waals surface area (Å²) in [5, 5.41) is 3.02. The number of nitrogens with one attached hydrogen (secondary N) is 1. The van der Waals surface area contributed by atoms with Crippen molar-refractivity contribution in [2.24, 2.45) is 0 Å².